The van der Waals surface area contributed by atoms with Gasteiger partial charge in [-0.1, -0.05) is 27.2 Å². The van der Waals surface area contributed by atoms with Gasteiger partial charge in [0.25, 0.3) is 0 Å². The highest BCUT2D eigenvalue weighted by atomic mass is 32.2. The first-order chi connectivity index (χ1) is 8.97. The minimum atomic E-state index is -3.00. The summed E-state index contributed by atoms with van der Waals surface area (Å²) in [5.74, 6) is 0.587. The number of sulfone groups is 1. The van der Waals surface area contributed by atoms with Crippen LogP contribution in [0.5, 0.6) is 0 Å². The Hall–Kier alpha value is -0.0900. The molecule has 0 aliphatic heterocycles. The first-order valence-electron chi connectivity index (χ1n) is 7.93. The third-order valence-corrected chi connectivity index (χ3v) is 7.51. The highest BCUT2D eigenvalue weighted by molar-refractivity contribution is 7.92. The standard InChI is InChI=1S/C15H31NO2S/c1-5-10-16-14-9-8-13(7-3)11-15(14)19(17,18)12(4)6-2/h12-16H,5-11H2,1-4H3. The Morgan fingerprint density at radius 1 is 1.21 bits per heavy atom. The van der Waals surface area contributed by atoms with Crippen molar-refractivity contribution in [3.05, 3.63) is 0 Å². The fourth-order valence-electron chi connectivity index (χ4n) is 3.04. The Kier molecular flexibility index (Phi) is 6.81. The fraction of sp³-hybridized carbons (Fsp3) is 1.00. The van der Waals surface area contributed by atoms with E-state index in [0.717, 1.165) is 38.6 Å². The van der Waals surface area contributed by atoms with E-state index in [1.54, 1.807) is 0 Å². The van der Waals surface area contributed by atoms with E-state index in [4.69, 9.17) is 0 Å². The maximum Gasteiger partial charge on any atom is 0.157 e. The average molecular weight is 289 g/mol. The van der Waals surface area contributed by atoms with Gasteiger partial charge in [-0.25, -0.2) is 8.42 Å². The van der Waals surface area contributed by atoms with E-state index in [0.29, 0.717) is 5.92 Å². The van der Waals surface area contributed by atoms with Gasteiger partial charge in [-0.2, -0.15) is 0 Å². The van der Waals surface area contributed by atoms with Crippen molar-refractivity contribution in [2.75, 3.05) is 6.54 Å². The minimum absolute atomic E-state index is 0.168. The van der Waals surface area contributed by atoms with E-state index < -0.39 is 9.84 Å². The molecule has 0 radical (unpaired) electrons. The van der Waals surface area contributed by atoms with Crippen LogP contribution in [0.2, 0.25) is 0 Å². The summed E-state index contributed by atoms with van der Waals surface area (Å²) < 4.78 is 25.4. The molecule has 0 aromatic heterocycles. The molecule has 1 saturated carbocycles. The SMILES string of the molecule is CCCNC1CCC(CC)CC1S(=O)(=O)C(C)CC. The van der Waals surface area contributed by atoms with Gasteiger partial charge in [0, 0.05) is 6.04 Å². The molecule has 0 spiro atoms. The summed E-state index contributed by atoms with van der Waals surface area (Å²) in [6, 6.07) is 0.168. The van der Waals surface area contributed by atoms with Gasteiger partial charge in [0.1, 0.15) is 0 Å². The lowest BCUT2D eigenvalue weighted by Crippen LogP contribution is -2.50. The molecule has 0 aromatic rings. The zero-order valence-electron chi connectivity index (χ0n) is 13.0. The van der Waals surface area contributed by atoms with Crippen LogP contribution in [0.15, 0.2) is 0 Å². The van der Waals surface area contributed by atoms with Gasteiger partial charge in [0.15, 0.2) is 9.84 Å². The third kappa shape index (κ3) is 4.19. The molecule has 0 heterocycles. The highest BCUT2D eigenvalue weighted by Crippen LogP contribution is 2.33. The summed E-state index contributed by atoms with van der Waals surface area (Å²) in [6.45, 7) is 9.06. The molecule has 3 nitrogen and oxygen atoms in total. The van der Waals surface area contributed by atoms with Gasteiger partial charge >= 0.3 is 0 Å². The maximum absolute atomic E-state index is 12.7. The van der Waals surface area contributed by atoms with Crippen LogP contribution >= 0.6 is 0 Å². The number of hydrogen-bond acceptors (Lipinski definition) is 3. The Bertz CT molecular complexity index is 353. The monoisotopic (exact) mass is 289 g/mol. The molecule has 0 amide bonds. The van der Waals surface area contributed by atoms with Crippen LogP contribution in [0.4, 0.5) is 0 Å². The summed E-state index contributed by atoms with van der Waals surface area (Å²) in [4.78, 5) is 0. The minimum Gasteiger partial charge on any atom is -0.313 e. The van der Waals surface area contributed by atoms with Crippen molar-refractivity contribution >= 4 is 9.84 Å². The van der Waals surface area contributed by atoms with E-state index in [1.807, 2.05) is 13.8 Å². The topological polar surface area (TPSA) is 46.2 Å². The summed E-state index contributed by atoms with van der Waals surface area (Å²) in [5, 5.41) is 3.09. The quantitative estimate of drug-likeness (QED) is 0.783. The molecule has 0 bridgehead atoms. The molecule has 1 N–H and O–H groups in total. The number of rotatable bonds is 7. The van der Waals surface area contributed by atoms with E-state index >= 15 is 0 Å². The molecule has 1 aliphatic carbocycles. The lowest BCUT2D eigenvalue weighted by Gasteiger charge is -2.37. The van der Waals surface area contributed by atoms with Crippen molar-refractivity contribution in [2.45, 2.75) is 82.8 Å². The van der Waals surface area contributed by atoms with Crippen LogP contribution in [-0.2, 0) is 9.84 Å². The lowest BCUT2D eigenvalue weighted by atomic mass is 9.84. The molecule has 19 heavy (non-hydrogen) atoms. The predicted octanol–water partition coefficient (Wildman–Crippen LogP) is 3.15. The van der Waals surface area contributed by atoms with E-state index in [1.165, 1.54) is 6.42 Å². The second-order valence-electron chi connectivity index (χ2n) is 5.99. The molecular weight excluding hydrogens is 258 g/mol. The van der Waals surface area contributed by atoms with E-state index in [-0.39, 0.29) is 16.5 Å². The van der Waals surface area contributed by atoms with Crippen molar-refractivity contribution in [1.82, 2.24) is 5.32 Å². The van der Waals surface area contributed by atoms with Crippen molar-refractivity contribution in [1.29, 1.82) is 0 Å². The van der Waals surface area contributed by atoms with Gasteiger partial charge in [-0.3, -0.25) is 0 Å². The third-order valence-electron chi connectivity index (χ3n) is 4.69. The Balaban J connectivity index is 2.87. The van der Waals surface area contributed by atoms with E-state index in [2.05, 4.69) is 19.2 Å². The second kappa shape index (κ2) is 7.63. The van der Waals surface area contributed by atoms with Crippen LogP contribution in [0.25, 0.3) is 0 Å². The lowest BCUT2D eigenvalue weighted by molar-refractivity contribution is 0.286. The van der Waals surface area contributed by atoms with E-state index in [9.17, 15) is 8.42 Å². The van der Waals surface area contributed by atoms with Crippen LogP contribution in [-0.4, -0.2) is 31.5 Å². The molecule has 4 heteroatoms. The molecular formula is C15H31NO2S. The Morgan fingerprint density at radius 2 is 1.89 bits per heavy atom. The normalized spacial score (nSPS) is 30.2. The summed E-state index contributed by atoms with van der Waals surface area (Å²) in [7, 11) is -3.00. The van der Waals surface area contributed by atoms with Crippen molar-refractivity contribution in [2.24, 2.45) is 5.92 Å². The van der Waals surface area contributed by atoms with Crippen molar-refractivity contribution in [3.63, 3.8) is 0 Å². The molecule has 4 unspecified atom stereocenters. The number of nitrogens with one attached hydrogen (secondary N) is 1. The zero-order chi connectivity index (χ0) is 14.5. The zero-order valence-corrected chi connectivity index (χ0v) is 13.8. The summed E-state index contributed by atoms with van der Waals surface area (Å²) >= 11 is 0. The molecule has 0 saturated heterocycles. The Morgan fingerprint density at radius 3 is 2.42 bits per heavy atom. The van der Waals surface area contributed by atoms with Gasteiger partial charge in [-0.15, -0.1) is 0 Å². The van der Waals surface area contributed by atoms with Crippen LogP contribution in [0, 0.1) is 5.92 Å². The molecule has 4 atom stereocenters. The van der Waals surface area contributed by atoms with Gasteiger partial charge in [-0.05, 0) is 51.5 Å². The maximum atomic E-state index is 12.7. The van der Waals surface area contributed by atoms with Crippen LogP contribution in [0.3, 0.4) is 0 Å². The van der Waals surface area contributed by atoms with Gasteiger partial charge in [0.05, 0.1) is 10.5 Å². The first-order valence-corrected chi connectivity index (χ1v) is 9.54. The van der Waals surface area contributed by atoms with Crippen LogP contribution in [0.1, 0.15) is 66.2 Å². The largest absolute Gasteiger partial charge is 0.313 e. The smallest absolute Gasteiger partial charge is 0.157 e. The molecule has 1 rings (SSSR count). The fourth-order valence-corrected chi connectivity index (χ4v) is 5.33. The molecule has 0 aromatic carbocycles. The summed E-state index contributed by atoms with van der Waals surface area (Å²) in [5.41, 5.74) is 0. The second-order valence-corrected chi connectivity index (χ2v) is 8.58. The highest BCUT2D eigenvalue weighted by Gasteiger charge is 2.40. The van der Waals surface area contributed by atoms with Gasteiger partial charge in [0.2, 0.25) is 0 Å². The number of hydrogen-bond donors (Lipinski definition) is 1. The van der Waals surface area contributed by atoms with Crippen LogP contribution < -0.4 is 5.32 Å². The average Bonchev–Trinajstić information content (AvgIpc) is 2.43. The molecule has 114 valence electrons. The molecule has 1 fully saturated rings. The molecule has 1 aliphatic rings. The first kappa shape index (κ1) is 17.0. The predicted molar refractivity (Wildman–Crippen MR) is 82.2 cm³/mol. The summed E-state index contributed by atoms with van der Waals surface area (Å²) in [6.07, 6.45) is 5.92. The van der Waals surface area contributed by atoms with Gasteiger partial charge < -0.3 is 5.32 Å². The Labute approximate surface area is 119 Å². The van der Waals surface area contributed by atoms with Crippen molar-refractivity contribution < 1.29 is 8.42 Å². The van der Waals surface area contributed by atoms with Crippen molar-refractivity contribution in [3.8, 4) is 0 Å².